The summed E-state index contributed by atoms with van der Waals surface area (Å²) in [5.74, 6) is 1.79. The summed E-state index contributed by atoms with van der Waals surface area (Å²) < 4.78 is 15.8. The maximum atomic E-state index is 13.0. The van der Waals surface area contributed by atoms with Crippen LogP contribution in [-0.4, -0.2) is 41.3 Å². The van der Waals surface area contributed by atoms with Crippen LogP contribution >= 0.6 is 0 Å². The minimum Gasteiger partial charge on any atom is -0.497 e. The Morgan fingerprint density at radius 3 is 2.79 bits per heavy atom. The number of aliphatic hydroxyl groups is 1. The van der Waals surface area contributed by atoms with Crippen LogP contribution < -0.4 is 4.74 Å². The molecule has 7 nitrogen and oxygen atoms in total. The second kappa shape index (κ2) is 6.77. The van der Waals surface area contributed by atoms with Gasteiger partial charge in [0.05, 0.1) is 19.0 Å². The lowest BCUT2D eigenvalue weighted by Crippen LogP contribution is -2.36. The van der Waals surface area contributed by atoms with Gasteiger partial charge < -0.3 is 23.7 Å². The van der Waals surface area contributed by atoms with Crippen LogP contribution in [0.3, 0.4) is 0 Å². The molecule has 29 heavy (non-hydrogen) atoms. The molecule has 2 aliphatic rings. The third-order valence-electron chi connectivity index (χ3n) is 6.32. The number of ether oxygens (including phenoxy) is 1. The average Bonchev–Trinajstić information content (AvgIpc) is 3.52. The van der Waals surface area contributed by atoms with Gasteiger partial charge in [-0.25, -0.2) is 0 Å². The number of carbonyl (C=O) groups excluding carboxylic acids is 1. The largest absolute Gasteiger partial charge is 0.497 e. The summed E-state index contributed by atoms with van der Waals surface area (Å²) in [5.41, 5.74) is 0.195. The van der Waals surface area contributed by atoms with Crippen molar-refractivity contribution in [3.63, 3.8) is 0 Å². The van der Waals surface area contributed by atoms with Crippen LogP contribution in [0, 0.1) is 11.8 Å². The van der Waals surface area contributed by atoms with E-state index in [0.717, 1.165) is 17.7 Å². The Morgan fingerprint density at radius 2 is 2.07 bits per heavy atom. The van der Waals surface area contributed by atoms with Gasteiger partial charge in [0.25, 0.3) is 5.91 Å². The summed E-state index contributed by atoms with van der Waals surface area (Å²) in [7, 11) is 1.62. The van der Waals surface area contributed by atoms with Crippen LogP contribution in [0.25, 0.3) is 11.5 Å². The second-order valence-corrected chi connectivity index (χ2v) is 7.82. The van der Waals surface area contributed by atoms with Gasteiger partial charge in [-0.2, -0.15) is 0 Å². The molecule has 0 unspecified atom stereocenters. The fraction of sp³-hybridized carbons (Fsp3) is 0.364. The number of benzene rings is 1. The molecule has 3 heterocycles. The van der Waals surface area contributed by atoms with Gasteiger partial charge in [0.2, 0.25) is 5.76 Å². The molecule has 3 atom stereocenters. The highest BCUT2D eigenvalue weighted by atomic mass is 16.5. The summed E-state index contributed by atoms with van der Waals surface area (Å²) in [6, 6.07) is 12.7. The van der Waals surface area contributed by atoms with Crippen LogP contribution in [0.1, 0.15) is 28.9 Å². The van der Waals surface area contributed by atoms with E-state index in [4.69, 9.17) is 13.7 Å². The lowest BCUT2D eigenvalue weighted by Gasteiger charge is -2.30. The molecule has 7 heteroatoms. The number of furan rings is 1. The Morgan fingerprint density at radius 1 is 1.24 bits per heavy atom. The van der Waals surface area contributed by atoms with E-state index in [0.29, 0.717) is 31.0 Å². The minimum atomic E-state index is -0.935. The van der Waals surface area contributed by atoms with E-state index in [1.54, 1.807) is 36.5 Å². The zero-order chi connectivity index (χ0) is 20.0. The van der Waals surface area contributed by atoms with E-state index < -0.39 is 5.60 Å². The van der Waals surface area contributed by atoms with E-state index in [1.807, 2.05) is 24.3 Å². The van der Waals surface area contributed by atoms with Gasteiger partial charge in [0.15, 0.2) is 11.5 Å². The van der Waals surface area contributed by atoms with Crippen LogP contribution in [0.5, 0.6) is 5.75 Å². The van der Waals surface area contributed by atoms with Gasteiger partial charge in [-0.1, -0.05) is 17.3 Å². The third kappa shape index (κ3) is 2.93. The third-order valence-corrected chi connectivity index (χ3v) is 6.32. The van der Waals surface area contributed by atoms with E-state index in [-0.39, 0.29) is 23.4 Å². The summed E-state index contributed by atoms with van der Waals surface area (Å²) >= 11 is 0. The zero-order valence-electron chi connectivity index (χ0n) is 16.1. The van der Waals surface area contributed by atoms with Crippen molar-refractivity contribution in [1.82, 2.24) is 10.1 Å². The molecular weight excluding hydrogens is 372 g/mol. The Balaban J connectivity index is 1.34. The summed E-state index contributed by atoms with van der Waals surface area (Å²) in [6.07, 6.45) is 3.12. The minimum absolute atomic E-state index is 0.00344. The van der Waals surface area contributed by atoms with Gasteiger partial charge >= 0.3 is 0 Å². The van der Waals surface area contributed by atoms with Crippen LogP contribution in [0.2, 0.25) is 0 Å². The first-order valence-corrected chi connectivity index (χ1v) is 9.75. The number of hydrogen-bond acceptors (Lipinski definition) is 6. The SMILES string of the molecule is COc1ccc([C@@]2(O)CC[C@@H]3CN(C(=O)c4cc(-c5ccco5)on4)C[C@@H]32)cc1. The number of rotatable bonds is 4. The molecule has 150 valence electrons. The van der Waals surface area contributed by atoms with Crippen molar-refractivity contribution < 1.29 is 23.6 Å². The van der Waals surface area contributed by atoms with Crippen molar-refractivity contribution in [3.05, 3.63) is 60.0 Å². The van der Waals surface area contributed by atoms with Gasteiger partial charge in [-0.3, -0.25) is 4.79 Å². The zero-order valence-corrected chi connectivity index (χ0v) is 16.1. The lowest BCUT2D eigenvalue weighted by molar-refractivity contribution is -0.00595. The van der Waals surface area contributed by atoms with Crippen LogP contribution in [-0.2, 0) is 5.60 Å². The number of methoxy groups -OCH3 is 1. The fourth-order valence-electron chi connectivity index (χ4n) is 4.77. The van der Waals surface area contributed by atoms with E-state index >= 15 is 0 Å². The van der Waals surface area contributed by atoms with Crippen LogP contribution in [0.15, 0.2) is 57.7 Å². The van der Waals surface area contributed by atoms with E-state index in [9.17, 15) is 9.90 Å². The number of amides is 1. The fourth-order valence-corrected chi connectivity index (χ4v) is 4.77. The summed E-state index contributed by atoms with van der Waals surface area (Å²) in [4.78, 5) is 14.7. The van der Waals surface area contributed by atoms with Crippen molar-refractivity contribution in [3.8, 4) is 17.3 Å². The molecule has 0 bridgehead atoms. The number of carbonyl (C=O) groups is 1. The molecule has 1 saturated carbocycles. The molecule has 0 spiro atoms. The Labute approximate surface area is 167 Å². The molecule has 1 amide bonds. The van der Waals surface area contributed by atoms with Gasteiger partial charge in [-0.15, -0.1) is 0 Å². The van der Waals surface area contributed by atoms with Crippen molar-refractivity contribution in [1.29, 1.82) is 0 Å². The van der Waals surface area contributed by atoms with Gasteiger partial charge in [0, 0.05) is 25.1 Å². The van der Waals surface area contributed by atoms with E-state index in [2.05, 4.69) is 5.16 Å². The molecule has 0 radical (unpaired) electrons. The van der Waals surface area contributed by atoms with Crippen LogP contribution in [0.4, 0.5) is 0 Å². The van der Waals surface area contributed by atoms with Crippen molar-refractivity contribution in [2.75, 3.05) is 20.2 Å². The number of nitrogens with zero attached hydrogens (tertiary/aromatic N) is 2. The molecule has 2 fully saturated rings. The first-order valence-electron chi connectivity index (χ1n) is 9.75. The highest BCUT2D eigenvalue weighted by Crippen LogP contribution is 2.50. The molecule has 1 aliphatic carbocycles. The van der Waals surface area contributed by atoms with Crippen molar-refractivity contribution in [2.24, 2.45) is 11.8 Å². The maximum Gasteiger partial charge on any atom is 0.276 e. The first-order chi connectivity index (χ1) is 14.1. The lowest BCUT2D eigenvalue weighted by atomic mass is 9.82. The highest BCUT2D eigenvalue weighted by Gasteiger charge is 2.53. The molecular formula is C22H22N2O5. The monoisotopic (exact) mass is 394 g/mol. The highest BCUT2D eigenvalue weighted by molar-refractivity contribution is 5.93. The smallest absolute Gasteiger partial charge is 0.276 e. The molecule has 3 aromatic rings. The Bertz CT molecular complexity index is 1010. The second-order valence-electron chi connectivity index (χ2n) is 7.82. The molecule has 2 aromatic heterocycles. The predicted molar refractivity (Wildman–Crippen MR) is 103 cm³/mol. The van der Waals surface area contributed by atoms with Crippen molar-refractivity contribution in [2.45, 2.75) is 18.4 Å². The normalized spacial score (nSPS) is 25.9. The number of likely N-dealkylation sites (tertiary alicyclic amines) is 1. The van der Waals surface area contributed by atoms with Gasteiger partial charge in [-0.05, 0) is 48.6 Å². The van der Waals surface area contributed by atoms with Crippen molar-refractivity contribution >= 4 is 5.91 Å². The Kier molecular flexibility index (Phi) is 4.20. The molecule has 1 saturated heterocycles. The average molecular weight is 394 g/mol. The number of hydrogen-bond donors (Lipinski definition) is 1. The summed E-state index contributed by atoms with van der Waals surface area (Å²) in [6.45, 7) is 1.11. The number of aromatic nitrogens is 1. The molecule has 5 rings (SSSR count). The van der Waals surface area contributed by atoms with E-state index in [1.165, 1.54) is 0 Å². The molecule has 1 aromatic carbocycles. The summed E-state index contributed by atoms with van der Waals surface area (Å²) in [5, 5.41) is 15.4. The quantitative estimate of drug-likeness (QED) is 0.730. The molecule has 1 N–H and O–H groups in total. The van der Waals surface area contributed by atoms with Gasteiger partial charge in [0.1, 0.15) is 5.75 Å². The topological polar surface area (TPSA) is 88.9 Å². The molecule has 1 aliphatic heterocycles. The Hall–Kier alpha value is -3.06. The standard InChI is InChI=1S/C22H22N2O5/c1-27-16-6-4-15(5-7-16)22(26)9-8-14-12-24(13-17(14)22)21(25)18-11-20(29-23-18)19-3-2-10-28-19/h2-7,10-11,14,17,26H,8-9,12-13H2,1H3/t14-,17+,22+/m1/s1. The maximum absolute atomic E-state index is 13.0. The number of fused-ring (bicyclic) bond motifs is 1. The predicted octanol–water partition coefficient (Wildman–Crippen LogP) is 3.31. The first kappa shape index (κ1) is 18.0.